The van der Waals surface area contributed by atoms with Gasteiger partial charge in [-0.25, -0.2) is 4.79 Å². The van der Waals surface area contributed by atoms with Crippen molar-refractivity contribution in [3.63, 3.8) is 0 Å². The Morgan fingerprint density at radius 3 is 2.80 bits per heavy atom. The van der Waals surface area contributed by atoms with Gasteiger partial charge in [0.05, 0.1) is 12.2 Å². The summed E-state index contributed by atoms with van der Waals surface area (Å²) in [6, 6.07) is 7.49. The lowest BCUT2D eigenvalue weighted by Crippen LogP contribution is -2.10. The summed E-state index contributed by atoms with van der Waals surface area (Å²) in [5.41, 5.74) is 6.74. The number of amides is 1. The standard InChI is InChI=1S/C15H16N2O3/c1-2-20-14(18)8-5-9-17-10-12(15(16)19)11-6-3-4-7-13(11)17/h3-8,10H,2,9H2,1H3,(H2,16,19)/b8-5+. The minimum Gasteiger partial charge on any atom is -0.463 e. The Kier molecular flexibility index (Phi) is 4.20. The first kappa shape index (κ1) is 13.9. The van der Waals surface area contributed by atoms with E-state index in [1.165, 1.54) is 6.08 Å². The number of rotatable bonds is 5. The molecule has 0 aliphatic heterocycles. The average molecular weight is 272 g/mol. The van der Waals surface area contributed by atoms with Gasteiger partial charge in [-0.1, -0.05) is 24.3 Å². The largest absolute Gasteiger partial charge is 0.463 e. The number of primary amides is 1. The van der Waals surface area contributed by atoms with E-state index >= 15 is 0 Å². The lowest BCUT2D eigenvalue weighted by molar-refractivity contribution is -0.137. The summed E-state index contributed by atoms with van der Waals surface area (Å²) < 4.78 is 6.67. The fourth-order valence-electron chi connectivity index (χ4n) is 2.05. The van der Waals surface area contributed by atoms with E-state index in [0.29, 0.717) is 18.7 Å². The van der Waals surface area contributed by atoms with Crippen molar-refractivity contribution in [1.29, 1.82) is 0 Å². The van der Waals surface area contributed by atoms with Gasteiger partial charge in [0.2, 0.25) is 0 Å². The van der Waals surface area contributed by atoms with Gasteiger partial charge in [0.25, 0.3) is 5.91 Å². The molecule has 5 nitrogen and oxygen atoms in total. The van der Waals surface area contributed by atoms with Gasteiger partial charge in [-0.15, -0.1) is 0 Å². The number of hydrogen-bond acceptors (Lipinski definition) is 3. The van der Waals surface area contributed by atoms with Crippen LogP contribution in [0.4, 0.5) is 0 Å². The number of para-hydroxylation sites is 1. The Balaban J connectivity index is 2.26. The topological polar surface area (TPSA) is 74.3 Å². The predicted molar refractivity (Wildman–Crippen MR) is 76.2 cm³/mol. The number of carbonyl (C=O) groups excluding carboxylic acids is 2. The predicted octanol–water partition coefficient (Wildman–Crippen LogP) is 1.86. The minimum atomic E-state index is -0.464. The highest BCUT2D eigenvalue weighted by Gasteiger charge is 2.11. The first-order chi connectivity index (χ1) is 9.63. The summed E-state index contributed by atoms with van der Waals surface area (Å²) in [5, 5.41) is 0.810. The number of allylic oxidation sites excluding steroid dienone is 1. The van der Waals surface area contributed by atoms with Gasteiger partial charge in [-0.3, -0.25) is 4.79 Å². The molecule has 1 heterocycles. The molecule has 1 aromatic carbocycles. The molecule has 0 fully saturated rings. The van der Waals surface area contributed by atoms with Gasteiger partial charge in [0, 0.05) is 29.7 Å². The third-order valence-corrected chi connectivity index (χ3v) is 2.90. The monoisotopic (exact) mass is 272 g/mol. The molecule has 2 rings (SSSR count). The molecule has 0 radical (unpaired) electrons. The number of carbonyl (C=O) groups is 2. The van der Waals surface area contributed by atoms with E-state index in [1.54, 1.807) is 19.2 Å². The zero-order valence-corrected chi connectivity index (χ0v) is 11.2. The molecular formula is C15H16N2O3. The quantitative estimate of drug-likeness (QED) is 0.667. The maximum atomic E-state index is 11.4. The number of hydrogen-bond donors (Lipinski definition) is 1. The number of esters is 1. The molecule has 0 bridgehead atoms. The van der Waals surface area contributed by atoms with E-state index in [9.17, 15) is 9.59 Å². The van der Waals surface area contributed by atoms with Crippen LogP contribution in [-0.2, 0) is 16.1 Å². The fraction of sp³-hybridized carbons (Fsp3) is 0.200. The van der Waals surface area contributed by atoms with E-state index in [-0.39, 0.29) is 5.97 Å². The van der Waals surface area contributed by atoms with Crippen molar-refractivity contribution in [2.75, 3.05) is 6.61 Å². The van der Waals surface area contributed by atoms with Crippen molar-refractivity contribution in [2.45, 2.75) is 13.5 Å². The van der Waals surface area contributed by atoms with E-state index in [1.807, 2.05) is 28.8 Å². The average Bonchev–Trinajstić information content (AvgIpc) is 2.79. The molecule has 5 heteroatoms. The molecule has 0 aliphatic carbocycles. The highest BCUT2D eigenvalue weighted by Crippen LogP contribution is 2.20. The summed E-state index contributed by atoms with van der Waals surface area (Å²) in [6.45, 7) is 2.57. The van der Waals surface area contributed by atoms with Crippen LogP contribution in [0.3, 0.4) is 0 Å². The lowest BCUT2D eigenvalue weighted by atomic mass is 10.2. The second-order valence-corrected chi connectivity index (χ2v) is 4.23. The molecular weight excluding hydrogens is 256 g/mol. The van der Waals surface area contributed by atoms with Crippen molar-refractivity contribution >= 4 is 22.8 Å². The van der Waals surface area contributed by atoms with Crippen LogP contribution < -0.4 is 5.73 Å². The highest BCUT2D eigenvalue weighted by molar-refractivity contribution is 6.06. The summed E-state index contributed by atoms with van der Waals surface area (Å²) in [4.78, 5) is 22.6. The van der Waals surface area contributed by atoms with Gasteiger partial charge in [-0.2, -0.15) is 0 Å². The second-order valence-electron chi connectivity index (χ2n) is 4.23. The Morgan fingerprint density at radius 1 is 1.35 bits per heavy atom. The van der Waals surface area contributed by atoms with Crippen LogP contribution in [0.2, 0.25) is 0 Å². The van der Waals surface area contributed by atoms with Gasteiger partial charge < -0.3 is 15.0 Å². The first-order valence-corrected chi connectivity index (χ1v) is 6.34. The number of benzene rings is 1. The number of fused-ring (bicyclic) bond motifs is 1. The van der Waals surface area contributed by atoms with Crippen LogP contribution in [0.1, 0.15) is 17.3 Å². The third-order valence-electron chi connectivity index (χ3n) is 2.90. The molecule has 0 saturated carbocycles. The SMILES string of the molecule is CCOC(=O)/C=C/Cn1cc(C(N)=O)c2ccccc21. The van der Waals surface area contributed by atoms with Crippen LogP contribution in [-0.4, -0.2) is 23.1 Å². The van der Waals surface area contributed by atoms with Crippen molar-refractivity contribution in [3.8, 4) is 0 Å². The number of aromatic nitrogens is 1. The van der Waals surface area contributed by atoms with Gasteiger partial charge in [0.15, 0.2) is 0 Å². The molecule has 0 atom stereocenters. The summed E-state index contributed by atoms with van der Waals surface area (Å²) in [6.07, 6.45) is 4.76. The van der Waals surface area contributed by atoms with Gasteiger partial charge in [0.1, 0.15) is 0 Å². The molecule has 0 unspecified atom stereocenters. The molecule has 104 valence electrons. The van der Waals surface area contributed by atoms with E-state index in [2.05, 4.69) is 0 Å². The van der Waals surface area contributed by atoms with E-state index in [4.69, 9.17) is 10.5 Å². The zero-order valence-electron chi connectivity index (χ0n) is 11.2. The Morgan fingerprint density at radius 2 is 2.10 bits per heavy atom. The van der Waals surface area contributed by atoms with Crippen LogP contribution in [0.25, 0.3) is 10.9 Å². The molecule has 2 aromatic rings. The molecule has 0 spiro atoms. The molecule has 20 heavy (non-hydrogen) atoms. The normalized spacial score (nSPS) is 11.1. The third kappa shape index (κ3) is 2.88. The molecule has 1 aromatic heterocycles. The van der Waals surface area contributed by atoms with Crippen molar-refractivity contribution in [2.24, 2.45) is 5.73 Å². The molecule has 1 amide bonds. The Bertz CT molecular complexity index is 671. The van der Waals surface area contributed by atoms with E-state index in [0.717, 1.165) is 10.9 Å². The Labute approximate surface area is 116 Å². The zero-order chi connectivity index (χ0) is 14.5. The van der Waals surface area contributed by atoms with Crippen LogP contribution in [0.5, 0.6) is 0 Å². The molecule has 2 N–H and O–H groups in total. The van der Waals surface area contributed by atoms with Crippen molar-refractivity contribution in [1.82, 2.24) is 4.57 Å². The lowest BCUT2D eigenvalue weighted by Gasteiger charge is -2.00. The number of ether oxygens (including phenoxy) is 1. The number of nitrogens with two attached hydrogens (primary N) is 1. The minimum absolute atomic E-state index is 0.349. The Hall–Kier alpha value is -2.56. The van der Waals surface area contributed by atoms with Crippen LogP contribution in [0, 0.1) is 0 Å². The van der Waals surface area contributed by atoms with Crippen LogP contribution >= 0.6 is 0 Å². The van der Waals surface area contributed by atoms with Gasteiger partial charge >= 0.3 is 5.97 Å². The smallest absolute Gasteiger partial charge is 0.330 e. The summed E-state index contributed by atoms with van der Waals surface area (Å²) >= 11 is 0. The first-order valence-electron chi connectivity index (χ1n) is 6.34. The molecule has 0 saturated heterocycles. The summed E-state index contributed by atoms with van der Waals surface area (Å²) in [5.74, 6) is -0.839. The number of nitrogens with zero attached hydrogens (tertiary/aromatic N) is 1. The molecule has 0 aliphatic rings. The van der Waals surface area contributed by atoms with Crippen molar-refractivity contribution < 1.29 is 14.3 Å². The highest BCUT2D eigenvalue weighted by atomic mass is 16.5. The van der Waals surface area contributed by atoms with Crippen LogP contribution in [0.15, 0.2) is 42.6 Å². The second kappa shape index (κ2) is 6.06. The van der Waals surface area contributed by atoms with Gasteiger partial charge in [-0.05, 0) is 13.0 Å². The maximum absolute atomic E-state index is 11.4. The summed E-state index contributed by atoms with van der Waals surface area (Å²) in [7, 11) is 0. The fourth-order valence-corrected chi connectivity index (χ4v) is 2.05. The van der Waals surface area contributed by atoms with E-state index < -0.39 is 5.91 Å². The maximum Gasteiger partial charge on any atom is 0.330 e. The van der Waals surface area contributed by atoms with Crippen molar-refractivity contribution in [3.05, 3.63) is 48.2 Å².